The minimum Gasteiger partial charge on any atom is -0.398 e. The Hall–Kier alpha value is -2.48. The summed E-state index contributed by atoms with van der Waals surface area (Å²) in [5, 5.41) is 8.74. The van der Waals surface area contributed by atoms with Gasteiger partial charge in [0.05, 0.1) is 28.5 Å². The summed E-state index contributed by atoms with van der Waals surface area (Å²) in [7, 11) is 0. The van der Waals surface area contributed by atoms with Crippen LogP contribution in [0, 0.1) is 17.0 Å². The van der Waals surface area contributed by atoms with Crippen molar-refractivity contribution < 1.29 is 8.78 Å². The largest absolute Gasteiger partial charge is 0.398 e. The van der Waals surface area contributed by atoms with Crippen LogP contribution in [-0.2, 0) is 0 Å². The monoisotopic (exact) mass is 378 g/mol. The molecule has 1 saturated carbocycles. The van der Waals surface area contributed by atoms with Gasteiger partial charge in [0.1, 0.15) is 11.7 Å². The number of halogens is 3. The topological polar surface area (TPSA) is 82.1 Å². The summed E-state index contributed by atoms with van der Waals surface area (Å²) in [5.41, 5.74) is 6.19. The zero-order valence-corrected chi connectivity index (χ0v) is 14.6. The van der Waals surface area contributed by atoms with Crippen molar-refractivity contribution in [1.29, 1.82) is 5.41 Å². The number of piperazine rings is 1. The van der Waals surface area contributed by atoms with Gasteiger partial charge in [0.2, 0.25) is 5.95 Å². The number of nitrogens with two attached hydrogens (primary N) is 1. The van der Waals surface area contributed by atoms with Gasteiger partial charge < -0.3 is 15.5 Å². The van der Waals surface area contributed by atoms with Gasteiger partial charge in [-0.2, -0.15) is 0 Å². The fourth-order valence-electron chi connectivity index (χ4n) is 3.52. The number of benzene rings is 1. The number of nitrogen functional groups attached to an aromatic ring is 1. The number of hydrogen-bond acceptors (Lipinski definition) is 5. The molecular weight excluding hydrogens is 362 g/mol. The Bertz CT molecular complexity index is 845. The second kappa shape index (κ2) is 6.05. The number of amidine groups is 1. The van der Waals surface area contributed by atoms with Crippen LogP contribution in [0.15, 0.2) is 24.5 Å². The molecule has 26 heavy (non-hydrogen) atoms. The van der Waals surface area contributed by atoms with E-state index < -0.39 is 11.6 Å². The first-order valence-corrected chi connectivity index (χ1v) is 8.61. The van der Waals surface area contributed by atoms with Gasteiger partial charge in [0, 0.05) is 25.3 Å². The molecule has 0 amide bonds. The number of hydrogen-bond donors (Lipinski definition) is 2. The Morgan fingerprint density at radius 1 is 1.15 bits per heavy atom. The first-order valence-electron chi connectivity index (χ1n) is 8.23. The van der Waals surface area contributed by atoms with E-state index >= 15 is 0 Å². The van der Waals surface area contributed by atoms with Crippen molar-refractivity contribution in [2.45, 2.75) is 18.4 Å². The molecule has 1 aromatic heterocycles. The average molecular weight is 379 g/mol. The zero-order valence-electron chi connectivity index (χ0n) is 13.8. The minimum atomic E-state index is -0.525. The standard InChI is InChI=1S/C17H17ClF2N6/c18-12-5-10(19)6-13(21)14(12)15(22)26-4-3-25(9-17(26)1-2-17)16-23-7-11(20)8-24-16/h5-8,22H,1-4,9,21H2. The molecule has 1 aromatic carbocycles. The smallest absolute Gasteiger partial charge is 0.225 e. The van der Waals surface area contributed by atoms with E-state index in [2.05, 4.69) is 9.97 Å². The Balaban J connectivity index is 1.58. The second-order valence-corrected chi connectivity index (χ2v) is 7.11. The molecule has 3 N–H and O–H groups in total. The molecule has 6 nitrogen and oxygen atoms in total. The summed E-state index contributed by atoms with van der Waals surface area (Å²) in [6, 6.07) is 2.35. The predicted molar refractivity (Wildman–Crippen MR) is 95.5 cm³/mol. The minimum absolute atomic E-state index is 0.132. The first-order chi connectivity index (χ1) is 12.4. The van der Waals surface area contributed by atoms with Crippen LogP contribution in [0.3, 0.4) is 0 Å². The summed E-state index contributed by atoms with van der Waals surface area (Å²) in [4.78, 5) is 12.1. The zero-order chi connectivity index (χ0) is 18.5. The molecule has 9 heteroatoms. The number of aromatic nitrogens is 2. The fraction of sp³-hybridized carbons (Fsp3) is 0.353. The van der Waals surface area contributed by atoms with E-state index in [4.69, 9.17) is 22.7 Å². The summed E-state index contributed by atoms with van der Waals surface area (Å²) < 4.78 is 26.5. The van der Waals surface area contributed by atoms with Crippen LogP contribution in [-0.4, -0.2) is 45.9 Å². The van der Waals surface area contributed by atoms with E-state index in [-0.39, 0.29) is 22.1 Å². The molecule has 4 rings (SSSR count). The van der Waals surface area contributed by atoms with Gasteiger partial charge in [-0.1, -0.05) is 11.6 Å². The maximum atomic E-state index is 13.4. The number of rotatable bonds is 2. The van der Waals surface area contributed by atoms with Crippen LogP contribution in [0.5, 0.6) is 0 Å². The Kier molecular flexibility index (Phi) is 3.95. The molecular formula is C17H17ClF2N6. The van der Waals surface area contributed by atoms with Crippen LogP contribution >= 0.6 is 11.6 Å². The van der Waals surface area contributed by atoms with E-state index in [0.29, 0.717) is 31.1 Å². The average Bonchev–Trinajstić information content (AvgIpc) is 3.34. The van der Waals surface area contributed by atoms with E-state index in [1.54, 1.807) is 0 Å². The van der Waals surface area contributed by atoms with Gasteiger partial charge in [-0.15, -0.1) is 0 Å². The summed E-state index contributed by atoms with van der Waals surface area (Å²) in [5.74, 6) is -0.326. The van der Waals surface area contributed by atoms with Gasteiger partial charge in [-0.25, -0.2) is 18.7 Å². The lowest BCUT2D eigenvalue weighted by Gasteiger charge is -2.43. The lowest BCUT2D eigenvalue weighted by Crippen LogP contribution is -2.57. The summed E-state index contributed by atoms with van der Waals surface area (Å²) in [6.45, 7) is 1.75. The lowest BCUT2D eigenvalue weighted by atomic mass is 10.1. The van der Waals surface area contributed by atoms with Crippen molar-refractivity contribution in [3.8, 4) is 0 Å². The van der Waals surface area contributed by atoms with Crippen molar-refractivity contribution in [1.82, 2.24) is 14.9 Å². The Labute approximate surface area is 154 Å². The van der Waals surface area contributed by atoms with Crippen molar-refractivity contribution >= 4 is 29.1 Å². The molecule has 1 aliphatic carbocycles. The highest BCUT2D eigenvalue weighted by molar-refractivity contribution is 6.34. The summed E-state index contributed by atoms with van der Waals surface area (Å²) in [6.07, 6.45) is 4.11. The third-order valence-corrected chi connectivity index (χ3v) is 5.26. The SMILES string of the molecule is N=C(c1c(N)cc(F)cc1Cl)N1CCN(c2ncc(F)cn2)CC12CC2. The van der Waals surface area contributed by atoms with Crippen LogP contribution < -0.4 is 10.6 Å². The van der Waals surface area contributed by atoms with Gasteiger partial charge in [-0.05, 0) is 25.0 Å². The molecule has 136 valence electrons. The molecule has 2 aliphatic rings. The number of anilines is 2. The molecule has 1 aliphatic heterocycles. The third kappa shape index (κ3) is 2.84. The lowest BCUT2D eigenvalue weighted by molar-refractivity contribution is 0.257. The van der Waals surface area contributed by atoms with Crippen LogP contribution in [0.4, 0.5) is 20.4 Å². The van der Waals surface area contributed by atoms with Crippen molar-refractivity contribution in [2.75, 3.05) is 30.3 Å². The van der Waals surface area contributed by atoms with Crippen LogP contribution in [0.25, 0.3) is 0 Å². The molecule has 2 heterocycles. The molecule has 0 radical (unpaired) electrons. The predicted octanol–water partition coefficient (Wildman–Crippen LogP) is 2.67. The molecule has 1 spiro atoms. The number of nitrogens with zero attached hydrogens (tertiary/aromatic N) is 4. The van der Waals surface area contributed by atoms with E-state index in [9.17, 15) is 8.78 Å². The highest BCUT2D eigenvalue weighted by atomic mass is 35.5. The van der Waals surface area contributed by atoms with E-state index in [1.165, 1.54) is 12.1 Å². The third-order valence-electron chi connectivity index (χ3n) is 4.96. The maximum Gasteiger partial charge on any atom is 0.225 e. The fourth-order valence-corrected chi connectivity index (χ4v) is 3.82. The van der Waals surface area contributed by atoms with E-state index in [1.807, 2.05) is 9.80 Å². The highest BCUT2D eigenvalue weighted by Gasteiger charge is 2.53. The Morgan fingerprint density at radius 3 is 2.46 bits per heavy atom. The van der Waals surface area contributed by atoms with Crippen LogP contribution in [0.2, 0.25) is 5.02 Å². The van der Waals surface area contributed by atoms with E-state index in [0.717, 1.165) is 25.2 Å². The molecule has 2 aromatic rings. The Morgan fingerprint density at radius 2 is 1.85 bits per heavy atom. The molecule has 2 fully saturated rings. The normalized spacial score (nSPS) is 18.3. The quantitative estimate of drug-likeness (QED) is 0.477. The van der Waals surface area contributed by atoms with Crippen molar-refractivity contribution in [2.24, 2.45) is 0 Å². The molecule has 1 saturated heterocycles. The summed E-state index contributed by atoms with van der Waals surface area (Å²) >= 11 is 6.15. The van der Waals surface area contributed by atoms with Crippen molar-refractivity contribution in [3.05, 3.63) is 46.7 Å². The molecule has 0 atom stereocenters. The van der Waals surface area contributed by atoms with Crippen molar-refractivity contribution in [3.63, 3.8) is 0 Å². The highest BCUT2D eigenvalue weighted by Crippen LogP contribution is 2.46. The van der Waals surface area contributed by atoms with Gasteiger partial charge in [-0.3, -0.25) is 5.41 Å². The molecule has 0 bridgehead atoms. The maximum absolute atomic E-state index is 13.4. The second-order valence-electron chi connectivity index (χ2n) is 6.70. The van der Waals surface area contributed by atoms with Gasteiger partial charge in [0.25, 0.3) is 0 Å². The van der Waals surface area contributed by atoms with Crippen LogP contribution in [0.1, 0.15) is 18.4 Å². The molecule has 0 unspecified atom stereocenters. The number of nitrogens with one attached hydrogen (secondary N) is 1. The van der Waals surface area contributed by atoms with Gasteiger partial charge in [0.15, 0.2) is 5.82 Å². The van der Waals surface area contributed by atoms with Gasteiger partial charge >= 0.3 is 0 Å². The first kappa shape index (κ1) is 17.0.